The van der Waals surface area contributed by atoms with Gasteiger partial charge in [-0.3, -0.25) is 14.8 Å². The summed E-state index contributed by atoms with van der Waals surface area (Å²) in [7, 11) is 0. The van der Waals surface area contributed by atoms with E-state index in [0.717, 1.165) is 19.7 Å². The van der Waals surface area contributed by atoms with Crippen LogP contribution in [0.15, 0.2) is 46.5 Å². The van der Waals surface area contributed by atoms with Gasteiger partial charge >= 0.3 is 0 Å². The van der Waals surface area contributed by atoms with E-state index in [1.165, 1.54) is 0 Å². The Balaban J connectivity index is 1.89. The molecule has 0 amide bonds. The molecule has 2 aromatic heterocycles. The lowest BCUT2D eigenvalue weighted by Gasteiger charge is -2.01. The van der Waals surface area contributed by atoms with Crippen molar-refractivity contribution in [2.24, 2.45) is 0 Å². The minimum atomic E-state index is 0.0990. The maximum Gasteiger partial charge on any atom is 0.168 e. The van der Waals surface area contributed by atoms with Crippen molar-refractivity contribution < 1.29 is 4.79 Å². The summed E-state index contributed by atoms with van der Waals surface area (Å²) >= 11 is 4.98. The highest BCUT2D eigenvalue weighted by Gasteiger charge is 2.10. The number of fused-ring (bicyclic) bond motifs is 1. The summed E-state index contributed by atoms with van der Waals surface area (Å²) in [4.78, 5) is 21.7. The van der Waals surface area contributed by atoms with Gasteiger partial charge in [0.15, 0.2) is 5.78 Å². The minimum absolute atomic E-state index is 0.0990. The van der Waals surface area contributed by atoms with E-state index in [0.29, 0.717) is 12.0 Å². The molecule has 3 rings (SSSR count). The molecule has 0 radical (unpaired) electrons. The van der Waals surface area contributed by atoms with Crippen LogP contribution in [-0.2, 0) is 6.42 Å². The van der Waals surface area contributed by atoms with E-state index in [4.69, 9.17) is 0 Å². The molecule has 0 saturated heterocycles. The highest BCUT2D eigenvalue weighted by atomic mass is 79.9. The molecule has 0 fully saturated rings. The summed E-state index contributed by atoms with van der Waals surface area (Å²) in [5.74, 6) is 0.0990. The van der Waals surface area contributed by atoms with Gasteiger partial charge in [-0.15, -0.1) is 11.3 Å². The van der Waals surface area contributed by atoms with Gasteiger partial charge in [0.1, 0.15) is 0 Å². The molecule has 3 aromatic rings. The molecule has 0 aliphatic rings. The Morgan fingerprint density at radius 2 is 1.89 bits per heavy atom. The van der Waals surface area contributed by atoms with Gasteiger partial charge in [0, 0.05) is 29.3 Å². The molecule has 1 aromatic carbocycles. The van der Waals surface area contributed by atoms with Crippen molar-refractivity contribution in [2.75, 3.05) is 0 Å². The molecule has 2 heterocycles. The predicted octanol–water partition coefficient (Wildman–Crippen LogP) is 3.88. The molecule has 0 spiro atoms. The smallest absolute Gasteiger partial charge is 0.168 e. The lowest BCUT2D eigenvalue weighted by molar-refractivity contribution is 0.0994. The van der Waals surface area contributed by atoms with Crippen molar-refractivity contribution in [3.8, 4) is 0 Å². The van der Waals surface area contributed by atoms with Crippen molar-refractivity contribution in [1.82, 2.24) is 9.97 Å². The first-order valence-corrected chi connectivity index (χ1v) is 7.31. The van der Waals surface area contributed by atoms with Gasteiger partial charge in [0.05, 0.1) is 14.8 Å². The number of benzene rings is 1. The van der Waals surface area contributed by atoms with Crippen LogP contribution in [0.3, 0.4) is 0 Å². The Labute approximate surface area is 122 Å². The third kappa shape index (κ3) is 2.72. The Morgan fingerprint density at radius 3 is 2.63 bits per heavy atom. The Kier molecular flexibility index (Phi) is 3.40. The van der Waals surface area contributed by atoms with Gasteiger partial charge in [-0.2, -0.15) is 0 Å². The number of halogens is 1. The summed E-state index contributed by atoms with van der Waals surface area (Å²) in [6, 6.07) is 9.36. The number of carbonyl (C=O) groups is 1. The van der Waals surface area contributed by atoms with Crippen LogP contribution in [0.4, 0.5) is 0 Å². The summed E-state index contributed by atoms with van der Waals surface area (Å²) in [6.07, 6.45) is 3.70. The quantitative estimate of drug-likeness (QED) is 0.683. The number of hydrogen-bond acceptors (Lipinski definition) is 4. The molecule has 5 heteroatoms. The normalized spacial score (nSPS) is 10.8. The van der Waals surface area contributed by atoms with Crippen LogP contribution in [0, 0.1) is 0 Å². The van der Waals surface area contributed by atoms with E-state index in [-0.39, 0.29) is 5.78 Å². The van der Waals surface area contributed by atoms with Crippen LogP contribution >= 0.6 is 27.3 Å². The van der Waals surface area contributed by atoms with Crippen LogP contribution in [0.2, 0.25) is 0 Å². The molecule has 19 heavy (non-hydrogen) atoms. The van der Waals surface area contributed by atoms with E-state index < -0.39 is 0 Å². The fourth-order valence-corrected chi connectivity index (χ4v) is 3.33. The SMILES string of the molecule is O=C(Cc1ccc(Br)s1)c1ccc2nccnc2c1. The molecule has 0 bridgehead atoms. The Hall–Kier alpha value is -1.59. The zero-order valence-electron chi connectivity index (χ0n) is 9.84. The molecular weight excluding hydrogens is 324 g/mol. The van der Waals surface area contributed by atoms with Gasteiger partial charge in [0.2, 0.25) is 0 Å². The average Bonchev–Trinajstić information content (AvgIpc) is 2.83. The van der Waals surface area contributed by atoms with E-state index >= 15 is 0 Å². The molecule has 94 valence electrons. The fraction of sp³-hybridized carbons (Fsp3) is 0.0714. The summed E-state index contributed by atoms with van der Waals surface area (Å²) in [5.41, 5.74) is 2.23. The number of nitrogens with zero attached hydrogens (tertiary/aromatic N) is 2. The topological polar surface area (TPSA) is 42.9 Å². The van der Waals surface area contributed by atoms with Crippen molar-refractivity contribution in [2.45, 2.75) is 6.42 Å². The van der Waals surface area contributed by atoms with Crippen molar-refractivity contribution in [1.29, 1.82) is 0 Å². The number of aromatic nitrogens is 2. The van der Waals surface area contributed by atoms with Crippen molar-refractivity contribution in [3.63, 3.8) is 0 Å². The third-order valence-electron chi connectivity index (χ3n) is 2.75. The standard InChI is InChI=1S/C14H9BrN2OS/c15-14-4-2-10(19-14)8-13(18)9-1-3-11-12(7-9)17-6-5-16-11/h1-7H,8H2. The lowest BCUT2D eigenvalue weighted by Crippen LogP contribution is -2.02. The number of Topliss-reactive ketones (excluding diaryl/α,β-unsaturated/α-hetero) is 1. The number of thiophene rings is 1. The fourth-order valence-electron chi connectivity index (χ4n) is 1.84. The van der Waals surface area contributed by atoms with E-state index in [2.05, 4.69) is 25.9 Å². The third-order valence-corrected chi connectivity index (χ3v) is 4.38. The molecule has 0 aliphatic carbocycles. The second-order valence-corrected chi connectivity index (χ2v) is 6.61. The molecule has 0 saturated carbocycles. The number of rotatable bonds is 3. The van der Waals surface area contributed by atoms with Gasteiger partial charge in [-0.25, -0.2) is 0 Å². The van der Waals surface area contributed by atoms with Crippen LogP contribution in [0.5, 0.6) is 0 Å². The van der Waals surface area contributed by atoms with Crippen molar-refractivity contribution >= 4 is 44.1 Å². The van der Waals surface area contributed by atoms with Gasteiger partial charge in [-0.1, -0.05) is 0 Å². The summed E-state index contributed by atoms with van der Waals surface area (Å²) in [5, 5.41) is 0. The lowest BCUT2D eigenvalue weighted by atomic mass is 10.1. The van der Waals surface area contributed by atoms with Crippen LogP contribution in [0.1, 0.15) is 15.2 Å². The molecular formula is C14H9BrN2OS. The zero-order chi connectivity index (χ0) is 13.2. The first-order chi connectivity index (χ1) is 9.22. The average molecular weight is 333 g/mol. The van der Waals surface area contributed by atoms with E-state index in [1.54, 1.807) is 29.8 Å². The molecule has 3 nitrogen and oxygen atoms in total. The largest absolute Gasteiger partial charge is 0.294 e. The number of hydrogen-bond donors (Lipinski definition) is 0. The minimum Gasteiger partial charge on any atom is -0.294 e. The molecule has 0 unspecified atom stereocenters. The Bertz CT molecular complexity index is 754. The first-order valence-electron chi connectivity index (χ1n) is 5.70. The second kappa shape index (κ2) is 5.19. The van der Waals surface area contributed by atoms with Crippen LogP contribution < -0.4 is 0 Å². The molecule has 0 atom stereocenters. The summed E-state index contributed by atoms with van der Waals surface area (Å²) < 4.78 is 1.04. The van der Waals surface area contributed by atoms with E-state index in [1.807, 2.05) is 24.3 Å². The first kappa shape index (κ1) is 12.4. The maximum absolute atomic E-state index is 12.2. The highest BCUT2D eigenvalue weighted by Crippen LogP contribution is 2.23. The molecule has 0 aliphatic heterocycles. The maximum atomic E-state index is 12.2. The van der Waals surface area contributed by atoms with Gasteiger partial charge < -0.3 is 0 Å². The van der Waals surface area contributed by atoms with Crippen LogP contribution in [-0.4, -0.2) is 15.8 Å². The molecule has 0 N–H and O–H groups in total. The number of ketones is 1. The monoisotopic (exact) mass is 332 g/mol. The predicted molar refractivity (Wildman–Crippen MR) is 79.6 cm³/mol. The highest BCUT2D eigenvalue weighted by molar-refractivity contribution is 9.11. The van der Waals surface area contributed by atoms with Gasteiger partial charge in [-0.05, 0) is 46.3 Å². The van der Waals surface area contributed by atoms with Crippen molar-refractivity contribution in [3.05, 3.63) is 57.0 Å². The van der Waals surface area contributed by atoms with Crippen LogP contribution in [0.25, 0.3) is 11.0 Å². The zero-order valence-corrected chi connectivity index (χ0v) is 12.2. The van der Waals surface area contributed by atoms with Gasteiger partial charge in [0.25, 0.3) is 0 Å². The number of carbonyl (C=O) groups excluding carboxylic acids is 1. The second-order valence-electron chi connectivity index (χ2n) is 4.07. The summed E-state index contributed by atoms with van der Waals surface area (Å²) in [6.45, 7) is 0. The Morgan fingerprint density at radius 1 is 1.11 bits per heavy atom. The van der Waals surface area contributed by atoms with E-state index in [9.17, 15) is 4.79 Å².